The molecule has 2 atom stereocenters. The van der Waals surface area contributed by atoms with E-state index in [1.165, 1.54) is 12.1 Å². The SMILES string of the molecule is CCC(C)NC(=O)C(C)NC(=O)NCc1ccc(C#N)cc1F. The number of urea groups is 1. The van der Waals surface area contributed by atoms with Crippen LogP contribution < -0.4 is 16.0 Å². The number of carbonyl (C=O) groups excluding carboxylic acids is 2. The molecule has 3 amide bonds. The van der Waals surface area contributed by atoms with E-state index in [0.29, 0.717) is 0 Å². The summed E-state index contributed by atoms with van der Waals surface area (Å²) in [6, 6.07) is 4.61. The molecule has 1 rings (SSSR count). The zero-order chi connectivity index (χ0) is 17.4. The zero-order valence-corrected chi connectivity index (χ0v) is 13.4. The number of nitriles is 1. The van der Waals surface area contributed by atoms with E-state index >= 15 is 0 Å². The molecular weight excluding hydrogens is 299 g/mol. The average molecular weight is 320 g/mol. The van der Waals surface area contributed by atoms with Gasteiger partial charge in [0.2, 0.25) is 5.91 Å². The summed E-state index contributed by atoms with van der Waals surface area (Å²) in [5, 5.41) is 16.4. The van der Waals surface area contributed by atoms with Gasteiger partial charge < -0.3 is 16.0 Å². The molecule has 0 bridgehead atoms. The lowest BCUT2D eigenvalue weighted by molar-refractivity contribution is -0.123. The molecule has 0 fully saturated rings. The molecule has 0 aromatic heterocycles. The van der Waals surface area contributed by atoms with Crippen molar-refractivity contribution >= 4 is 11.9 Å². The molecular formula is C16H21FN4O2. The molecule has 0 aliphatic rings. The predicted octanol–water partition coefficient (Wildman–Crippen LogP) is 1.80. The molecule has 7 heteroatoms. The number of carbonyl (C=O) groups is 2. The summed E-state index contributed by atoms with van der Waals surface area (Å²) in [4.78, 5) is 23.5. The fraction of sp³-hybridized carbons (Fsp3) is 0.438. The highest BCUT2D eigenvalue weighted by molar-refractivity contribution is 5.86. The molecule has 1 aromatic carbocycles. The Hall–Kier alpha value is -2.62. The molecule has 0 radical (unpaired) electrons. The maximum Gasteiger partial charge on any atom is 0.315 e. The van der Waals surface area contributed by atoms with Crippen molar-refractivity contribution in [2.45, 2.75) is 45.8 Å². The maximum absolute atomic E-state index is 13.7. The van der Waals surface area contributed by atoms with Crippen molar-refractivity contribution < 1.29 is 14.0 Å². The first-order valence-electron chi connectivity index (χ1n) is 7.40. The highest BCUT2D eigenvalue weighted by Gasteiger charge is 2.16. The van der Waals surface area contributed by atoms with Gasteiger partial charge in [0, 0.05) is 18.2 Å². The molecule has 0 saturated heterocycles. The average Bonchev–Trinajstić information content (AvgIpc) is 2.53. The minimum absolute atomic E-state index is 0.0301. The molecule has 124 valence electrons. The van der Waals surface area contributed by atoms with Crippen LogP contribution in [0.3, 0.4) is 0 Å². The second-order valence-corrected chi connectivity index (χ2v) is 5.28. The second-order valence-electron chi connectivity index (χ2n) is 5.28. The smallest absolute Gasteiger partial charge is 0.315 e. The minimum atomic E-state index is -0.699. The lowest BCUT2D eigenvalue weighted by atomic mass is 10.1. The van der Waals surface area contributed by atoms with Crippen LogP contribution in [0.4, 0.5) is 9.18 Å². The van der Waals surface area contributed by atoms with E-state index in [1.54, 1.807) is 6.92 Å². The van der Waals surface area contributed by atoms with Crippen molar-refractivity contribution in [3.05, 3.63) is 35.1 Å². The Morgan fingerprint density at radius 1 is 1.30 bits per heavy atom. The van der Waals surface area contributed by atoms with Gasteiger partial charge >= 0.3 is 6.03 Å². The van der Waals surface area contributed by atoms with Crippen LogP contribution in [0.2, 0.25) is 0 Å². The van der Waals surface area contributed by atoms with Gasteiger partial charge in [-0.05, 0) is 32.4 Å². The third-order valence-electron chi connectivity index (χ3n) is 3.36. The molecule has 0 aliphatic heterocycles. The van der Waals surface area contributed by atoms with Crippen LogP contribution in [0.25, 0.3) is 0 Å². The maximum atomic E-state index is 13.7. The molecule has 0 heterocycles. The normalized spacial score (nSPS) is 12.7. The van der Waals surface area contributed by atoms with Gasteiger partial charge in [-0.25, -0.2) is 9.18 Å². The molecule has 23 heavy (non-hydrogen) atoms. The highest BCUT2D eigenvalue weighted by atomic mass is 19.1. The third-order valence-corrected chi connectivity index (χ3v) is 3.36. The van der Waals surface area contributed by atoms with Crippen molar-refractivity contribution in [3.8, 4) is 6.07 Å². The van der Waals surface area contributed by atoms with Crippen LogP contribution >= 0.6 is 0 Å². The van der Waals surface area contributed by atoms with Gasteiger partial charge in [-0.2, -0.15) is 5.26 Å². The summed E-state index contributed by atoms with van der Waals surface area (Å²) in [5.41, 5.74) is 0.474. The number of amides is 3. The van der Waals surface area contributed by atoms with E-state index in [1.807, 2.05) is 19.9 Å². The summed E-state index contributed by atoms with van der Waals surface area (Å²) in [6.45, 7) is 5.35. The number of nitrogens with one attached hydrogen (secondary N) is 3. The van der Waals surface area contributed by atoms with Crippen LogP contribution in [-0.4, -0.2) is 24.0 Å². The van der Waals surface area contributed by atoms with Crippen molar-refractivity contribution in [1.29, 1.82) is 5.26 Å². The van der Waals surface area contributed by atoms with Crippen molar-refractivity contribution in [3.63, 3.8) is 0 Å². The lowest BCUT2D eigenvalue weighted by Crippen LogP contribution is -2.50. The Labute approximate surface area is 135 Å². The Kier molecular flexibility index (Phi) is 7.00. The largest absolute Gasteiger partial charge is 0.352 e. The first-order chi connectivity index (χ1) is 10.9. The fourth-order valence-corrected chi connectivity index (χ4v) is 1.72. The van der Waals surface area contributed by atoms with Gasteiger partial charge in [0.15, 0.2) is 0 Å². The number of hydrogen-bond acceptors (Lipinski definition) is 3. The van der Waals surface area contributed by atoms with Crippen LogP contribution in [-0.2, 0) is 11.3 Å². The highest BCUT2D eigenvalue weighted by Crippen LogP contribution is 2.09. The summed E-state index contributed by atoms with van der Waals surface area (Å²) in [5.74, 6) is -0.842. The number of benzene rings is 1. The van der Waals surface area contributed by atoms with Gasteiger partial charge in [0.1, 0.15) is 11.9 Å². The molecule has 0 saturated carbocycles. The standard InChI is InChI=1S/C16H21FN4O2/c1-4-10(2)20-15(22)11(3)21-16(23)19-9-13-6-5-12(8-18)7-14(13)17/h5-7,10-11H,4,9H2,1-3H3,(H,20,22)(H2,19,21,23). The molecule has 3 N–H and O–H groups in total. The Balaban J connectivity index is 2.48. The third kappa shape index (κ3) is 5.94. The zero-order valence-electron chi connectivity index (χ0n) is 13.4. The quantitative estimate of drug-likeness (QED) is 0.746. The van der Waals surface area contributed by atoms with Gasteiger partial charge in [-0.1, -0.05) is 13.0 Å². The minimum Gasteiger partial charge on any atom is -0.352 e. The van der Waals surface area contributed by atoms with Crippen LogP contribution in [0.5, 0.6) is 0 Å². The molecule has 1 aromatic rings. The number of halogens is 1. The number of nitrogens with zero attached hydrogens (tertiary/aromatic N) is 1. The molecule has 2 unspecified atom stereocenters. The van der Waals surface area contributed by atoms with E-state index in [2.05, 4.69) is 16.0 Å². The Morgan fingerprint density at radius 2 is 2.00 bits per heavy atom. The van der Waals surface area contributed by atoms with E-state index in [-0.39, 0.29) is 29.6 Å². The molecule has 0 aliphatic carbocycles. The summed E-state index contributed by atoms with van der Waals surface area (Å²) < 4.78 is 13.7. The summed E-state index contributed by atoms with van der Waals surface area (Å²) in [7, 11) is 0. The van der Waals surface area contributed by atoms with Gasteiger partial charge in [0.05, 0.1) is 11.6 Å². The number of rotatable bonds is 6. The van der Waals surface area contributed by atoms with Gasteiger partial charge in [0.25, 0.3) is 0 Å². The summed E-state index contributed by atoms with van der Waals surface area (Å²) >= 11 is 0. The van der Waals surface area contributed by atoms with Crippen LogP contribution in [0.15, 0.2) is 18.2 Å². The van der Waals surface area contributed by atoms with Crippen LogP contribution in [0, 0.1) is 17.1 Å². The van der Waals surface area contributed by atoms with Crippen molar-refractivity contribution in [1.82, 2.24) is 16.0 Å². The Morgan fingerprint density at radius 3 is 2.57 bits per heavy atom. The van der Waals surface area contributed by atoms with Gasteiger partial charge in [-0.3, -0.25) is 4.79 Å². The monoisotopic (exact) mass is 320 g/mol. The first-order valence-corrected chi connectivity index (χ1v) is 7.40. The van der Waals surface area contributed by atoms with Crippen molar-refractivity contribution in [2.75, 3.05) is 0 Å². The summed E-state index contributed by atoms with van der Waals surface area (Å²) in [6.07, 6.45) is 0.794. The fourth-order valence-electron chi connectivity index (χ4n) is 1.72. The van der Waals surface area contributed by atoms with Crippen LogP contribution in [0.1, 0.15) is 38.3 Å². The molecule has 0 spiro atoms. The lowest BCUT2D eigenvalue weighted by Gasteiger charge is -2.17. The number of hydrogen-bond donors (Lipinski definition) is 3. The Bertz CT molecular complexity index is 613. The van der Waals surface area contributed by atoms with E-state index in [0.717, 1.165) is 12.5 Å². The second kappa shape index (κ2) is 8.73. The first kappa shape index (κ1) is 18.4. The van der Waals surface area contributed by atoms with Gasteiger partial charge in [-0.15, -0.1) is 0 Å². The van der Waals surface area contributed by atoms with E-state index in [9.17, 15) is 14.0 Å². The predicted molar refractivity (Wildman–Crippen MR) is 83.8 cm³/mol. The van der Waals surface area contributed by atoms with E-state index in [4.69, 9.17) is 5.26 Å². The topological polar surface area (TPSA) is 94.0 Å². The van der Waals surface area contributed by atoms with E-state index < -0.39 is 17.9 Å². The molecule has 6 nitrogen and oxygen atoms in total. The van der Waals surface area contributed by atoms with Crippen molar-refractivity contribution in [2.24, 2.45) is 0 Å².